The smallest absolute Gasteiger partial charge is 0.239 e. The molecule has 1 saturated carbocycles. The summed E-state index contributed by atoms with van der Waals surface area (Å²) >= 11 is 0. The zero-order valence-corrected chi connectivity index (χ0v) is 11.8. The molecule has 0 radical (unpaired) electrons. The number of piperazine rings is 1. The summed E-state index contributed by atoms with van der Waals surface area (Å²) in [4.78, 5) is 27.3. The van der Waals surface area contributed by atoms with Crippen molar-refractivity contribution in [1.82, 2.24) is 20.4 Å². The van der Waals surface area contributed by atoms with E-state index in [1.165, 1.54) is 4.90 Å². The van der Waals surface area contributed by atoms with Gasteiger partial charge in [-0.3, -0.25) is 14.5 Å². The molecular formula is C13H24N4O2. The monoisotopic (exact) mass is 268 g/mol. The van der Waals surface area contributed by atoms with Gasteiger partial charge in [-0.25, -0.2) is 0 Å². The lowest BCUT2D eigenvalue weighted by Crippen LogP contribution is -2.52. The molecule has 1 saturated heterocycles. The molecule has 2 aliphatic rings. The summed E-state index contributed by atoms with van der Waals surface area (Å²) in [6, 6.07) is 0.773. The van der Waals surface area contributed by atoms with E-state index in [0.29, 0.717) is 18.6 Å². The first-order valence-electron chi connectivity index (χ1n) is 7.03. The van der Waals surface area contributed by atoms with Crippen LogP contribution in [0.5, 0.6) is 0 Å². The number of likely N-dealkylation sites (N-methyl/N-ethyl adjacent to an activating group) is 1. The molecule has 2 N–H and O–H groups in total. The van der Waals surface area contributed by atoms with Crippen molar-refractivity contribution in [3.05, 3.63) is 0 Å². The molecule has 0 aromatic heterocycles. The van der Waals surface area contributed by atoms with Crippen LogP contribution in [0.25, 0.3) is 0 Å². The standard InChI is InChI=1S/C13H24N4O2/c1-10-7-17(6-5-14-10)9-13(19)16(2)8-12(18)15-11-3-4-11/h10-11,14H,3-9H2,1-2H3,(H,15,18)/t10-/m0/s1. The zero-order valence-electron chi connectivity index (χ0n) is 11.8. The Hall–Kier alpha value is -1.14. The maximum absolute atomic E-state index is 12.0. The van der Waals surface area contributed by atoms with Crippen molar-refractivity contribution in [2.75, 3.05) is 39.8 Å². The summed E-state index contributed by atoms with van der Waals surface area (Å²) in [6.45, 7) is 5.37. The molecule has 1 aliphatic carbocycles. The number of hydrogen-bond acceptors (Lipinski definition) is 4. The average molecular weight is 268 g/mol. The lowest BCUT2D eigenvalue weighted by atomic mass is 10.2. The number of amides is 2. The summed E-state index contributed by atoms with van der Waals surface area (Å²) < 4.78 is 0. The Kier molecular flexibility index (Phi) is 4.76. The second-order valence-corrected chi connectivity index (χ2v) is 5.68. The maximum atomic E-state index is 12.0. The summed E-state index contributed by atoms with van der Waals surface area (Å²) in [5.41, 5.74) is 0. The third-order valence-corrected chi connectivity index (χ3v) is 3.56. The molecule has 108 valence electrons. The van der Waals surface area contributed by atoms with Crippen LogP contribution in [0.3, 0.4) is 0 Å². The van der Waals surface area contributed by atoms with E-state index in [1.807, 2.05) is 0 Å². The van der Waals surface area contributed by atoms with Gasteiger partial charge in [-0.05, 0) is 19.8 Å². The molecule has 2 fully saturated rings. The molecular weight excluding hydrogens is 244 g/mol. The van der Waals surface area contributed by atoms with E-state index >= 15 is 0 Å². The molecule has 1 aliphatic heterocycles. The first kappa shape index (κ1) is 14.3. The fourth-order valence-electron chi connectivity index (χ4n) is 2.27. The quantitative estimate of drug-likeness (QED) is 0.672. The van der Waals surface area contributed by atoms with Crippen molar-refractivity contribution < 1.29 is 9.59 Å². The second-order valence-electron chi connectivity index (χ2n) is 5.68. The van der Waals surface area contributed by atoms with Crippen molar-refractivity contribution in [3.8, 4) is 0 Å². The van der Waals surface area contributed by atoms with Gasteiger partial charge in [0, 0.05) is 38.8 Å². The van der Waals surface area contributed by atoms with Crippen molar-refractivity contribution in [3.63, 3.8) is 0 Å². The van der Waals surface area contributed by atoms with E-state index in [4.69, 9.17) is 0 Å². The first-order chi connectivity index (χ1) is 9.04. The summed E-state index contributed by atoms with van der Waals surface area (Å²) in [5, 5.41) is 6.24. The van der Waals surface area contributed by atoms with Crippen molar-refractivity contribution in [1.29, 1.82) is 0 Å². The lowest BCUT2D eigenvalue weighted by molar-refractivity contribution is -0.135. The molecule has 0 aromatic rings. The molecule has 1 heterocycles. The fourth-order valence-corrected chi connectivity index (χ4v) is 2.27. The van der Waals surface area contributed by atoms with Gasteiger partial charge in [-0.2, -0.15) is 0 Å². The van der Waals surface area contributed by atoms with Gasteiger partial charge in [0.2, 0.25) is 11.8 Å². The van der Waals surface area contributed by atoms with Crippen LogP contribution in [0, 0.1) is 0 Å². The molecule has 6 nitrogen and oxygen atoms in total. The largest absolute Gasteiger partial charge is 0.352 e. The van der Waals surface area contributed by atoms with Crippen LogP contribution in [0.1, 0.15) is 19.8 Å². The summed E-state index contributed by atoms with van der Waals surface area (Å²) in [5.74, 6) is -0.0351. The van der Waals surface area contributed by atoms with Crippen LogP contribution in [0.2, 0.25) is 0 Å². The third-order valence-electron chi connectivity index (χ3n) is 3.56. The number of nitrogens with one attached hydrogen (secondary N) is 2. The average Bonchev–Trinajstić information content (AvgIpc) is 3.12. The zero-order chi connectivity index (χ0) is 13.8. The highest BCUT2D eigenvalue weighted by Gasteiger charge is 2.25. The minimum atomic E-state index is -0.0490. The molecule has 0 spiro atoms. The first-order valence-corrected chi connectivity index (χ1v) is 7.03. The van der Waals surface area contributed by atoms with Gasteiger partial charge in [0.1, 0.15) is 0 Å². The van der Waals surface area contributed by atoms with Crippen LogP contribution in [0.4, 0.5) is 0 Å². The van der Waals surface area contributed by atoms with E-state index in [-0.39, 0.29) is 18.4 Å². The molecule has 2 amide bonds. The van der Waals surface area contributed by atoms with Crippen LogP contribution in [-0.4, -0.2) is 73.5 Å². The highest BCUT2D eigenvalue weighted by Crippen LogP contribution is 2.18. The predicted octanol–water partition coefficient (Wildman–Crippen LogP) is -0.983. The van der Waals surface area contributed by atoms with Gasteiger partial charge >= 0.3 is 0 Å². The van der Waals surface area contributed by atoms with Crippen LogP contribution in [-0.2, 0) is 9.59 Å². The molecule has 19 heavy (non-hydrogen) atoms. The maximum Gasteiger partial charge on any atom is 0.239 e. The number of carbonyl (C=O) groups is 2. The van der Waals surface area contributed by atoms with E-state index in [2.05, 4.69) is 22.5 Å². The van der Waals surface area contributed by atoms with Crippen molar-refractivity contribution in [2.45, 2.75) is 31.8 Å². The van der Waals surface area contributed by atoms with Gasteiger partial charge in [0.25, 0.3) is 0 Å². The van der Waals surface area contributed by atoms with Crippen molar-refractivity contribution >= 4 is 11.8 Å². The highest BCUT2D eigenvalue weighted by molar-refractivity contribution is 5.85. The molecule has 2 rings (SSSR count). The highest BCUT2D eigenvalue weighted by atomic mass is 16.2. The van der Waals surface area contributed by atoms with E-state index in [9.17, 15) is 9.59 Å². The number of rotatable bonds is 5. The number of carbonyl (C=O) groups excluding carboxylic acids is 2. The van der Waals surface area contributed by atoms with Gasteiger partial charge in [-0.15, -0.1) is 0 Å². The van der Waals surface area contributed by atoms with E-state index in [0.717, 1.165) is 32.5 Å². The van der Waals surface area contributed by atoms with Gasteiger partial charge in [-0.1, -0.05) is 0 Å². The molecule has 0 aromatic carbocycles. The fraction of sp³-hybridized carbons (Fsp3) is 0.846. The Labute approximate surface area is 114 Å². The third kappa shape index (κ3) is 4.80. The van der Waals surface area contributed by atoms with Gasteiger partial charge in [0.15, 0.2) is 0 Å². The summed E-state index contributed by atoms with van der Waals surface area (Å²) in [7, 11) is 1.69. The lowest BCUT2D eigenvalue weighted by Gasteiger charge is -2.32. The number of nitrogens with zero attached hydrogens (tertiary/aromatic N) is 2. The van der Waals surface area contributed by atoms with Crippen LogP contribution >= 0.6 is 0 Å². The topological polar surface area (TPSA) is 64.7 Å². The van der Waals surface area contributed by atoms with E-state index < -0.39 is 0 Å². The Morgan fingerprint density at radius 2 is 2.16 bits per heavy atom. The van der Waals surface area contributed by atoms with Crippen molar-refractivity contribution in [2.24, 2.45) is 0 Å². The minimum absolute atomic E-state index is 0.0139. The molecule has 6 heteroatoms. The Bertz CT molecular complexity index is 344. The Morgan fingerprint density at radius 1 is 1.42 bits per heavy atom. The van der Waals surface area contributed by atoms with E-state index in [1.54, 1.807) is 7.05 Å². The molecule has 0 bridgehead atoms. The normalized spacial score (nSPS) is 24.0. The SMILES string of the molecule is C[C@H]1CN(CC(=O)N(C)CC(=O)NC2CC2)CCN1. The minimum Gasteiger partial charge on any atom is -0.352 e. The van der Waals surface area contributed by atoms with Gasteiger partial charge in [0.05, 0.1) is 13.1 Å². The Balaban J connectivity index is 1.70. The van der Waals surface area contributed by atoms with Crippen LogP contribution in [0.15, 0.2) is 0 Å². The molecule has 1 atom stereocenters. The number of hydrogen-bond donors (Lipinski definition) is 2. The second kappa shape index (κ2) is 6.34. The molecule has 0 unspecified atom stereocenters. The van der Waals surface area contributed by atoms with Crippen LogP contribution < -0.4 is 10.6 Å². The Morgan fingerprint density at radius 3 is 2.79 bits per heavy atom. The predicted molar refractivity (Wildman–Crippen MR) is 72.7 cm³/mol. The van der Waals surface area contributed by atoms with Gasteiger partial charge < -0.3 is 15.5 Å². The summed E-state index contributed by atoms with van der Waals surface area (Å²) in [6.07, 6.45) is 2.14.